The molecule has 1 saturated heterocycles. The highest BCUT2D eigenvalue weighted by molar-refractivity contribution is 6.04. The van der Waals surface area contributed by atoms with Crippen LogP contribution in [0.25, 0.3) is 0 Å². The van der Waals surface area contributed by atoms with Crippen LogP contribution < -0.4 is 0 Å². The fourth-order valence-corrected chi connectivity index (χ4v) is 2.53. The number of methoxy groups -OCH3 is 1. The van der Waals surface area contributed by atoms with E-state index in [9.17, 15) is 14.4 Å². The number of Topliss-reactive ketones (excluding diaryl/α,β-unsaturated/α-hetero) is 1. The van der Waals surface area contributed by atoms with Gasteiger partial charge in [0.05, 0.1) is 7.11 Å². The van der Waals surface area contributed by atoms with Gasteiger partial charge in [0, 0.05) is 18.5 Å². The minimum Gasteiger partial charge on any atom is -0.468 e. The Labute approximate surface area is 118 Å². The van der Waals surface area contributed by atoms with Gasteiger partial charge in [-0.2, -0.15) is 0 Å². The largest absolute Gasteiger partial charge is 0.468 e. The van der Waals surface area contributed by atoms with Gasteiger partial charge in [-0.15, -0.1) is 0 Å². The van der Waals surface area contributed by atoms with Gasteiger partial charge >= 0.3 is 12.1 Å². The Bertz CT molecular complexity index is 447. The number of carbonyl (C=O) groups is 3. The summed E-state index contributed by atoms with van der Waals surface area (Å²) in [6.07, 6.45) is 0.960. The molecule has 0 radical (unpaired) electrons. The normalized spacial score (nSPS) is 24.5. The second kappa shape index (κ2) is 4.75. The summed E-state index contributed by atoms with van der Waals surface area (Å²) in [7, 11) is 1.25. The van der Waals surface area contributed by atoms with E-state index in [1.165, 1.54) is 12.0 Å². The van der Waals surface area contributed by atoms with Crippen molar-refractivity contribution in [3.8, 4) is 0 Å². The van der Waals surface area contributed by atoms with Crippen molar-refractivity contribution in [2.75, 3.05) is 20.2 Å². The zero-order valence-corrected chi connectivity index (χ0v) is 12.4. The summed E-state index contributed by atoms with van der Waals surface area (Å²) in [5.74, 6) is -1.55. The highest BCUT2D eigenvalue weighted by atomic mass is 16.6. The highest BCUT2D eigenvalue weighted by Gasteiger charge is 2.58. The van der Waals surface area contributed by atoms with E-state index in [-0.39, 0.29) is 12.3 Å². The van der Waals surface area contributed by atoms with Gasteiger partial charge in [0.2, 0.25) is 0 Å². The van der Waals surface area contributed by atoms with Crippen molar-refractivity contribution in [2.45, 2.75) is 39.2 Å². The summed E-state index contributed by atoms with van der Waals surface area (Å²) in [6.45, 7) is 5.73. The Balaban J connectivity index is 2.14. The molecule has 2 aliphatic rings. The molecule has 1 heterocycles. The third-order valence-corrected chi connectivity index (χ3v) is 3.73. The summed E-state index contributed by atoms with van der Waals surface area (Å²) in [5.41, 5.74) is -1.15. The number of carbonyl (C=O) groups excluding carboxylic acids is 3. The Kier molecular flexibility index (Phi) is 3.52. The average Bonchev–Trinajstić information content (AvgIpc) is 3.10. The van der Waals surface area contributed by atoms with Crippen molar-refractivity contribution in [3.63, 3.8) is 0 Å². The van der Waals surface area contributed by atoms with Crippen LogP contribution in [0.3, 0.4) is 0 Å². The third-order valence-electron chi connectivity index (χ3n) is 3.73. The predicted molar refractivity (Wildman–Crippen MR) is 70.0 cm³/mol. The number of hydrogen-bond donors (Lipinski definition) is 0. The number of esters is 1. The standard InChI is InChI=1S/C14H21NO5/c1-13(2,3)20-12(18)15-7-9(11(17)19-4)10(16)14(8-15)5-6-14/h9H,5-8H2,1-4H3/t9-/m1/s1. The van der Waals surface area contributed by atoms with Crippen LogP contribution in [0.15, 0.2) is 0 Å². The van der Waals surface area contributed by atoms with E-state index in [4.69, 9.17) is 4.74 Å². The van der Waals surface area contributed by atoms with Crippen molar-refractivity contribution < 1.29 is 23.9 Å². The zero-order valence-electron chi connectivity index (χ0n) is 12.4. The molecule has 0 unspecified atom stereocenters. The van der Waals surface area contributed by atoms with Crippen LogP contribution in [0.2, 0.25) is 0 Å². The van der Waals surface area contributed by atoms with Crippen LogP contribution in [0.5, 0.6) is 0 Å². The molecule has 2 rings (SSSR count). The summed E-state index contributed by atoms with van der Waals surface area (Å²) < 4.78 is 9.99. The maximum absolute atomic E-state index is 12.3. The predicted octanol–water partition coefficient (Wildman–Crippen LogP) is 1.38. The van der Waals surface area contributed by atoms with Crippen molar-refractivity contribution in [3.05, 3.63) is 0 Å². The van der Waals surface area contributed by atoms with E-state index < -0.39 is 29.0 Å². The first kappa shape index (κ1) is 14.8. The first-order valence-corrected chi connectivity index (χ1v) is 6.79. The number of nitrogens with zero attached hydrogens (tertiary/aromatic N) is 1. The monoisotopic (exact) mass is 283 g/mol. The van der Waals surface area contributed by atoms with Crippen molar-refractivity contribution >= 4 is 17.8 Å². The molecule has 0 bridgehead atoms. The van der Waals surface area contributed by atoms with Gasteiger partial charge in [-0.05, 0) is 33.6 Å². The Morgan fingerprint density at radius 2 is 1.90 bits per heavy atom. The fourth-order valence-electron chi connectivity index (χ4n) is 2.53. The smallest absolute Gasteiger partial charge is 0.410 e. The minimum absolute atomic E-state index is 0.0438. The molecule has 6 heteroatoms. The third kappa shape index (κ3) is 2.78. The molecular weight excluding hydrogens is 262 g/mol. The molecule has 0 aromatic heterocycles. The van der Waals surface area contributed by atoms with Crippen LogP contribution in [0.1, 0.15) is 33.6 Å². The van der Waals surface area contributed by atoms with Crippen LogP contribution in [-0.4, -0.2) is 48.5 Å². The number of ether oxygens (including phenoxy) is 2. The zero-order chi connectivity index (χ0) is 15.1. The van der Waals surface area contributed by atoms with Crippen LogP contribution in [-0.2, 0) is 19.1 Å². The Hall–Kier alpha value is -1.59. The van der Waals surface area contributed by atoms with Gasteiger partial charge in [0.1, 0.15) is 11.5 Å². The van der Waals surface area contributed by atoms with Gasteiger partial charge in [0.25, 0.3) is 0 Å². The number of ketones is 1. The fraction of sp³-hybridized carbons (Fsp3) is 0.786. The lowest BCUT2D eigenvalue weighted by atomic mass is 9.85. The molecule has 112 valence electrons. The van der Waals surface area contributed by atoms with E-state index in [0.717, 1.165) is 12.8 Å². The summed E-state index contributed by atoms with van der Waals surface area (Å²) in [4.78, 5) is 37.6. The molecule has 1 aliphatic carbocycles. The lowest BCUT2D eigenvalue weighted by molar-refractivity contribution is -0.154. The molecule has 0 aromatic carbocycles. The molecule has 2 fully saturated rings. The average molecular weight is 283 g/mol. The number of amides is 1. The van der Waals surface area contributed by atoms with E-state index in [2.05, 4.69) is 4.74 Å². The van der Waals surface area contributed by atoms with E-state index >= 15 is 0 Å². The topological polar surface area (TPSA) is 72.9 Å². The molecule has 0 N–H and O–H groups in total. The van der Waals surface area contributed by atoms with Gasteiger partial charge < -0.3 is 14.4 Å². The Morgan fingerprint density at radius 1 is 1.30 bits per heavy atom. The number of hydrogen-bond acceptors (Lipinski definition) is 5. The van der Waals surface area contributed by atoms with Crippen LogP contribution in [0, 0.1) is 11.3 Å². The summed E-state index contributed by atoms with van der Waals surface area (Å²) >= 11 is 0. The van der Waals surface area contributed by atoms with E-state index in [0.29, 0.717) is 6.54 Å². The molecule has 1 saturated carbocycles. The first-order chi connectivity index (χ1) is 9.18. The maximum Gasteiger partial charge on any atom is 0.410 e. The van der Waals surface area contributed by atoms with Gasteiger partial charge in [-0.3, -0.25) is 9.59 Å². The number of likely N-dealkylation sites (tertiary alicyclic amines) is 1. The maximum atomic E-state index is 12.3. The SMILES string of the molecule is COC(=O)[C@@H]1CN(C(=O)OC(C)(C)C)CC2(CC2)C1=O. The second-order valence-corrected chi connectivity index (χ2v) is 6.58. The molecule has 6 nitrogen and oxygen atoms in total. The first-order valence-electron chi connectivity index (χ1n) is 6.79. The Morgan fingerprint density at radius 3 is 2.35 bits per heavy atom. The van der Waals surface area contributed by atoms with Crippen LogP contribution >= 0.6 is 0 Å². The molecular formula is C14H21NO5. The molecule has 20 heavy (non-hydrogen) atoms. The molecule has 1 atom stereocenters. The van der Waals surface area contributed by atoms with Crippen molar-refractivity contribution in [1.82, 2.24) is 4.90 Å². The number of rotatable bonds is 1. The summed E-state index contributed by atoms with van der Waals surface area (Å²) in [6, 6.07) is 0. The number of piperidine rings is 1. The molecule has 0 aromatic rings. The van der Waals surface area contributed by atoms with E-state index in [1.54, 1.807) is 20.8 Å². The lowest BCUT2D eigenvalue weighted by Crippen LogP contribution is -2.53. The van der Waals surface area contributed by atoms with Gasteiger partial charge in [-0.1, -0.05) is 0 Å². The molecule has 1 spiro atoms. The quantitative estimate of drug-likeness (QED) is 0.537. The van der Waals surface area contributed by atoms with E-state index in [1.807, 2.05) is 0 Å². The van der Waals surface area contributed by atoms with Gasteiger partial charge in [0.15, 0.2) is 5.78 Å². The highest BCUT2D eigenvalue weighted by Crippen LogP contribution is 2.51. The minimum atomic E-state index is -0.885. The van der Waals surface area contributed by atoms with Crippen LogP contribution in [0.4, 0.5) is 4.79 Å². The molecule has 1 aliphatic heterocycles. The van der Waals surface area contributed by atoms with Crippen molar-refractivity contribution in [1.29, 1.82) is 0 Å². The molecule has 1 amide bonds. The summed E-state index contributed by atoms with van der Waals surface area (Å²) in [5, 5.41) is 0. The van der Waals surface area contributed by atoms with Crippen molar-refractivity contribution in [2.24, 2.45) is 11.3 Å². The lowest BCUT2D eigenvalue weighted by Gasteiger charge is -2.36. The second-order valence-electron chi connectivity index (χ2n) is 6.58. The van der Waals surface area contributed by atoms with Gasteiger partial charge in [-0.25, -0.2) is 4.79 Å².